The second-order valence-corrected chi connectivity index (χ2v) is 8.22. The highest BCUT2D eigenvalue weighted by atomic mass is 32.2. The summed E-state index contributed by atoms with van der Waals surface area (Å²) < 4.78 is 13.5. The molecule has 7 heteroatoms. The van der Waals surface area contributed by atoms with Gasteiger partial charge in [-0.3, -0.25) is 9.59 Å². The number of fused-ring (bicyclic) bond motifs is 2. The molecule has 2 aromatic rings. The Hall–Kier alpha value is -2.41. The molecule has 0 saturated heterocycles. The van der Waals surface area contributed by atoms with Crippen molar-refractivity contribution in [3.05, 3.63) is 63.3 Å². The average molecular weight is 399 g/mol. The van der Waals surface area contributed by atoms with E-state index in [9.17, 15) is 14.0 Å². The molecule has 1 aliphatic heterocycles. The van der Waals surface area contributed by atoms with Crippen LogP contribution in [0, 0.1) is 11.7 Å². The van der Waals surface area contributed by atoms with E-state index >= 15 is 0 Å². The molecular weight excluding hydrogens is 377 g/mol. The van der Waals surface area contributed by atoms with Crippen LogP contribution in [0.2, 0.25) is 0 Å². The third-order valence-electron chi connectivity index (χ3n) is 5.24. The minimum atomic E-state index is -0.471. The standard InChI is InChI=1S/C21H22FN3O2S/c1-2-3-11-28-21-24-19-18(20(27)25-21)16(12-7-9-13(22)10-8-12)17-14(23-19)5-4-6-15(17)26/h5,7-10,16-17H,2-4,6,11H2,1H3,(H2,23,24,25,27)/t16-,17-/m0/s1. The molecule has 1 aromatic heterocycles. The van der Waals surface area contributed by atoms with E-state index in [1.54, 1.807) is 12.1 Å². The molecule has 0 unspecified atom stereocenters. The molecule has 0 amide bonds. The Morgan fingerprint density at radius 3 is 2.75 bits per heavy atom. The minimum Gasteiger partial charge on any atom is -0.343 e. The largest absolute Gasteiger partial charge is 0.343 e. The predicted octanol–water partition coefficient (Wildman–Crippen LogP) is 4.22. The number of ketones is 1. The summed E-state index contributed by atoms with van der Waals surface area (Å²) in [6.07, 6.45) is 5.24. The van der Waals surface area contributed by atoms with E-state index in [-0.39, 0.29) is 17.2 Å². The van der Waals surface area contributed by atoms with Crippen LogP contribution in [0.15, 0.2) is 46.0 Å². The Labute approximate surface area is 166 Å². The van der Waals surface area contributed by atoms with E-state index in [1.165, 1.54) is 23.9 Å². The van der Waals surface area contributed by atoms with Crippen molar-refractivity contribution in [3.63, 3.8) is 0 Å². The minimum absolute atomic E-state index is 0.0887. The number of hydrogen-bond donors (Lipinski definition) is 2. The molecule has 4 rings (SSSR count). The highest BCUT2D eigenvalue weighted by Gasteiger charge is 2.42. The van der Waals surface area contributed by atoms with Gasteiger partial charge in [-0.05, 0) is 30.5 Å². The molecule has 146 valence electrons. The molecule has 1 aromatic carbocycles. The van der Waals surface area contributed by atoms with Crippen LogP contribution < -0.4 is 10.9 Å². The lowest BCUT2D eigenvalue weighted by atomic mass is 9.72. The summed E-state index contributed by atoms with van der Waals surface area (Å²) in [6.45, 7) is 2.12. The molecule has 2 aliphatic rings. The first kappa shape index (κ1) is 18.9. The monoisotopic (exact) mass is 399 g/mol. The fraction of sp³-hybridized carbons (Fsp3) is 0.381. The summed E-state index contributed by atoms with van der Waals surface area (Å²) in [5.74, 6) is 0.178. The quantitative estimate of drug-likeness (QED) is 0.447. The molecule has 2 heterocycles. The van der Waals surface area contributed by atoms with Gasteiger partial charge in [0.2, 0.25) is 0 Å². The fourth-order valence-electron chi connectivity index (χ4n) is 3.88. The lowest BCUT2D eigenvalue weighted by molar-refractivity contribution is -0.122. The summed E-state index contributed by atoms with van der Waals surface area (Å²) in [7, 11) is 0. The van der Waals surface area contributed by atoms with Crippen molar-refractivity contribution in [3.8, 4) is 0 Å². The van der Waals surface area contributed by atoms with Gasteiger partial charge in [-0.25, -0.2) is 9.37 Å². The van der Waals surface area contributed by atoms with E-state index in [2.05, 4.69) is 22.2 Å². The number of benzene rings is 1. The van der Waals surface area contributed by atoms with E-state index in [0.717, 1.165) is 29.9 Å². The van der Waals surface area contributed by atoms with Crippen molar-refractivity contribution < 1.29 is 9.18 Å². The molecule has 0 bridgehead atoms. The van der Waals surface area contributed by atoms with Gasteiger partial charge in [-0.15, -0.1) is 0 Å². The number of thioether (sulfide) groups is 1. The molecule has 2 N–H and O–H groups in total. The van der Waals surface area contributed by atoms with Crippen molar-refractivity contribution in [1.29, 1.82) is 0 Å². The Kier molecular flexibility index (Phi) is 5.35. The van der Waals surface area contributed by atoms with Crippen LogP contribution in [0.25, 0.3) is 0 Å². The molecular formula is C21H22FN3O2S. The number of aromatic nitrogens is 2. The van der Waals surface area contributed by atoms with Gasteiger partial charge in [0.05, 0.1) is 11.5 Å². The molecule has 1 aliphatic carbocycles. The van der Waals surface area contributed by atoms with Crippen LogP contribution in [0.5, 0.6) is 0 Å². The van der Waals surface area contributed by atoms with Crippen LogP contribution in [0.3, 0.4) is 0 Å². The van der Waals surface area contributed by atoms with Crippen LogP contribution >= 0.6 is 11.8 Å². The van der Waals surface area contributed by atoms with Gasteiger partial charge in [0.1, 0.15) is 17.4 Å². The number of unbranched alkanes of at least 4 members (excludes halogenated alkanes) is 1. The molecule has 0 saturated carbocycles. The second kappa shape index (κ2) is 7.91. The Morgan fingerprint density at radius 2 is 2.00 bits per heavy atom. The Bertz CT molecular complexity index is 984. The third kappa shape index (κ3) is 3.51. The number of Topliss-reactive ketones (excluding diaryl/α,β-unsaturated/α-hetero) is 1. The highest BCUT2D eigenvalue weighted by Crippen LogP contribution is 2.44. The zero-order chi connectivity index (χ0) is 19.7. The normalized spacial score (nSPS) is 20.8. The number of allylic oxidation sites excluding steroid dienone is 2. The van der Waals surface area contributed by atoms with Gasteiger partial charge < -0.3 is 10.3 Å². The van der Waals surface area contributed by atoms with Crippen molar-refractivity contribution >= 4 is 23.4 Å². The van der Waals surface area contributed by atoms with E-state index in [4.69, 9.17) is 0 Å². The molecule has 2 atom stereocenters. The lowest BCUT2D eigenvalue weighted by Gasteiger charge is -2.36. The van der Waals surface area contributed by atoms with Crippen molar-refractivity contribution in [2.75, 3.05) is 11.1 Å². The molecule has 0 radical (unpaired) electrons. The maximum Gasteiger partial charge on any atom is 0.257 e. The Balaban J connectivity index is 1.83. The van der Waals surface area contributed by atoms with Gasteiger partial charge in [-0.2, -0.15) is 0 Å². The first-order valence-electron chi connectivity index (χ1n) is 9.60. The second-order valence-electron chi connectivity index (χ2n) is 7.13. The van der Waals surface area contributed by atoms with Crippen molar-refractivity contribution in [2.24, 2.45) is 5.92 Å². The predicted molar refractivity (Wildman–Crippen MR) is 108 cm³/mol. The first-order valence-corrected chi connectivity index (χ1v) is 10.6. The van der Waals surface area contributed by atoms with Gasteiger partial charge in [0.15, 0.2) is 5.16 Å². The number of anilines is 1. The Morgan fingerprint density at radius 1 is 1.21 bits per heavy atom. The number of nitrogens with one attached hydrogen (secondary N) is 2. The maximum absolute atomic E-state index is 13.5. The topological polar surface area (TPSA) is 74.8 Å². The third-order valence-corrected chi connectivity index (χ3v) is 6.20. The van der Waals surface area contributed by atoms with E-state index in [1.807, 2.05) is 6.08 Å². The number of rotatable bonds is 5. The van der Waals surface area contributed by atoms with E-state index < -0.39 is 11.8 Å². The van der Waals surface area contributed by atoms with Crippen molar-refractivity contribution in [2.45, 2.75) is 43.7 Å². The first-order chi connectivity index (χ1) is 13.6. The number of carbonyl (C=O) groups excluding carboxylic acids is 1. The van der Waals surface area contributed by atoms with Gasteiger partial charge >= 0.3 is 0 Å². The number of nitrogens with zero attached hydrogens (tertiary/aromatic N) is 1. The number of H-pyrrole nitrogens is 1. The average Bonchev–Trinajstić information content (AvgIpc) is 2.67. The summed E-state index contributed by atoms with van der Waals surface area (Å²) in [5.41, 5.74) is 1.74. The van der Waals surface area contributed by atoms with Gasteiger partial charge in [0, 0.05) is 23.8 Å². The summed E-state index contributed by atoms with van der Waals surface area (Å²) >= 11 is 1.52. The molecule has 5 nitrogen and oxygen atoms in total. The van der Waals surface area contributed by atoms with Crippen LogP contribution in [0.4, 0.5) is 10.2 Å². The smallest absolute Gasteiger partial charge is 0.257 e. The zero-order valence-electron chi connectivity index (χ0n) is 15.6. The molecule has 28 heavy (non-hydrogen) atoms. The van der Waals surface area contributed by atoms with Crippen LogP contribution in [0.1, 0.15) is 49.7 Å². The molecule has 0 fully saturated rings. The van der Waals surface area contributed by atoms with Crippen molar-refractivity contribution in [1.82, 2.24) is 9.97 Å². The van der Waals surface area contributed by atoms with Crippen LogP contribution in [-0.2, 0) is 4.79 Å². The van der Waals surface area contributed by atoms with Crippen LogP contribution in [-0.4, -0.2) is 21.5 Å². The number of hydrogen-bond acceptors (Lipinski definition) is 5. The number of aromatic amines is 1. The SMILES string of the molecule is CCCCSc1nc2c(c(=O)[nH]1)[C@@H](c1ccc(F)cc1)[C@@H]1C(=O)CCC=C1N2. The summed E-state index contributed by atoms with van der Waals surface area (Å²) in [6, 6.07) is 6.03. The van der Waals surface area contributed by atoms with E-state index in [0.29, 0.717) is 29.4 Å². The number of halogens is 1. The highest BCUT2D eigenvalue weighted by molar-refractivity contribution is 7.99. The van der Waals surface area contributed by atoms with Gasteiger partial charge in [-0.1, -0.05) is 43.3 Å². The number of carbonyl (C=O) groups is 1. The lowest BCUT2D eigenvalue weighted by Crippen LogP contribution is -2.38. The summed E-state index contributed by atoms with van der Waals surface area (Å²) in [5, 5.41) is 3.81. The fourth-order valence-corrected chi connectivity index (χ4v) is 4.83. The molecule has 0 spiro atoms. The zero-order valence-corrected chi connectivity index (χ0v) is 16.4. The van der Waals surface area contributed by atoms with Gasteiger partial charge in [0.25, 0.3) is 5.56 Å². The maximum atomic E-state index is 13.5. The summed E-state index contributed by atoms with van der Waals surface area (Å²) in [4.78, 5) is 33.2.